The summed E-state index contributed by atoms with van der Waals surface area (Å²) in [5.74, 6) is -1.12. The Balaban J connectivity index is 1.98. The van der Waals surface area contributed by atoms with Crippen LogP contribution in [0.2, 0.25) is 0 Å². The Kier molecular flexibility index (Phi) is 6.92. The van der Waals surface area contributed by atoms with Gasteiger partial charge in [-0.15, -0.1) is 0 Å². The summed E-state index contributed by atoms with van der Waals surface area (Å²) in [6.45, 7) is 6.13. The SMILES string of the molecule is CC(C)C(OCc1ccccc1)C(=O)N[C@@H](C)c1ccc(C(=O)O)cc1. The van der Waals surface area contributed by atoms with Gasteiger partial charge in [0, 0.05) is 0 Å². The van der Waals surface area contributed by atoms with Gasteiger partial charge in [0.1, 0.15) is 6.10 Å². The molecule has 1 unspecified atom stereocenters. The lowest BCUT2D eigenvalue weighted by atomic mass is 10.0. The van der Waals surface area contributed by atoms with Crippen LogP contribution in [0.4, 0.5) is 0 Å². The average molecular weight is 355 g/mol. The van der Waals surface area contributed by atoms with E-state index in [1.807, 2.05) is 51.1 Å². The van der Waals surface area contributed by atoms with E-state index in [4.69, 9.17) is 9.84 Å². The van der Waals surface area contributed by atoms with Crippen LogP contribution < -0.4 is 5.32 Å². The van der Waals surface area contributed by atoms with Crippen molar-refractivity contribution in [2.75, 3.05) is 0 Å². The molecule has 2 aromatic rings. The highest BCUT2D eigenvalue weighted by Gasteiger charge is 2.24. The van der Waals surface area contributed by atoms with Crippen LogP contribution in [0.25, 0.3) is 0 Å². The summed E-state index contributed by atoms with van der Waals surface area (Å²) in [6.07, 6.45) is -0.559. The standard InChI is InChI=1S/C21H25NO4/c1-14(2)19(26-13-16-7-5-4-6-8-16)20(23)22-15(3)17-9-11-18(12-10-17)21(24)25/h4-12,14-15,19H,13H2,1-3H3,(H,22,23)(H,24,25)/t15-,19?/m0/s1. The van der Waals surface area contributed by atoms with Gasteiger partial charge in [0.25, 0.3) is 0 Å². The van der Waals surface area contributed by atoms with Crippen molar-refractivity contribution in [1.29, 1.82) is 0 Å². The molecule has 26 heavy (non-hydrogen) atoms. The second-order valence-corrected chi connectivity index (χ2v) is 6.62. The van der Waals surface area contributed by atoms with E-state index in [2.05, 4.69) is 5.32 Å². The quantitative estimate of drug-likeness (QED) is 0.755. The van der Waals surface area contributed by atoms with E-state index in [9.17, 15) is 9.59 Å². The predicted molar refractivity (Wildman–Crippen MR) is 99.8 cm³/mol. The maximum Gasteiger partial charge on any atom is 0.335 e. The third kappa shape index (κ3) is 5.43. The highest BCUT2D eigenvalue weighted by Crippen LogP contribution is 2.16. The summed E-state index contributed by atoms with van der Waals surface area (Å²) < 4.78 is 5.85. The van der Waals surface area contributed by atoms with Crippen molar-refractivity contribution in [3.63, 3.8) is 0 Å². The number of rotatable bonds is 8. The second-order valence-electron chi connectivity index (χ2n) is 6.62. The highest BCUT2D eigenvalue weighted by atomic mass is 16.5. The highest BCUT2D eigenvalue weighted by molar-refractivity contribution is 5.87. The molecule has 2 rings (SSSR count). The van der Waals surface area contributed by atoms with Crippen LogP contribution in [0.1, 0.15) is 48.3 Å². The van der Waals surface area contributed by atoms with E-state index in [0.29, 0.717) is 6.61 Å². The number of aromatic carboxylic acids is 1. The maximum atomic E-state index is 12.6. The number of carboxylic acids is 1. The number of ether oxygens (including phenoxy) is 1. The van der Waals surface area contributed by atoms with E-state index >= 15 is 0 Å². The Morgan fingerprint density at radius 2 is 1.62 bits per heavy atom. The zero-order valence-electron chi connectivity index (χ0n) is 15.3. The molecule has 0 radical (unpaired) electrons. The summed E-state index contributed by atoms with van der Waals surface area (Å²) in [5.41, 5.74) is 2.08. The largest absolute Gasteiger partial charge is 0.478 e. The van der Waals surface area contributed by atoms with Crippen molar-refractivity contribution >= 4 is 11.9 Å². The molecule has 0 saturated carbocycles. The topological polar surface area (TPSA) is 75.6 Å². The number of nitrogens with one attached hydrogen (secondary N) is 1. The molecular weight excluding hydrogens is 330 g/mol. The van der Waals surface area contributed by atoms with Gasteiger partial charge in [0.2, 0.25) is 5.91 Å². The van der Waals surface area contributed by atoms with Crippen molar-refractivity contribution in [2.45, 2.75) is 39.5 Å². The smallest absolute Gasteiger partial charge is 0.335 e. The van der Waals surface area contributed by atoms with Crippen LogP contribution >= 0.6 is 0 Å². The number of carbonyl (C=O) groups is 2. The molecule has 0 bridgehead atoms. The van der Waals surface area contributed by atoms with Gasteiger partial charge in [0.05, 0.1) is 18.2 Å². The zero-order valence-corrected chi connectivity index (χ0v) is 15.3. The van der Waals surface area contributed by atoms with Gasteiger partial charge in [-0.2, -0.15) is 0 Å². The van der Waals surface area contributed by atoms with Crippen LogP contribution in [0.3, 0.4) is 0 Å². The summed E-state index contributed by atoms with van der Waals surface area (Å²) in [6, 6.07) is 16.0. The fraction of sp³-hybridized carbons (Fsp3) is 0.333. The van der Waals surface area contributed by atoms with Gasteiger partial charge < -0.3 is 15.2 Å². The molecule has 2 atom stereocenters. The molecule has 2 aromatic carbocycles. The normalized spacial score (nSPS) is 13.2. The van der Waals surface area contributed by atoms with Crippen LogP contribution in [0.5, 0.6) is 0 Å². The Morgan fingerprint density at radius 3 is 2.15 bits per heavy atom. The van der Waals surface area contributed by atoms with Gasteiger partial charge >= 0.3 is 5.97 Å². The van der Waals surface area contributed by atoms with Gasteiger partial charge in [-0.1, -0.05) is 56.3 Å². The molecule has 0 saturated heterocycles. The first kappa shape index (κ1) is 19.7. The van der Waals surface area contributed by atoms with Crippen molar-refractivity contribution in [1.82, 2.24) is 5.32 Å². The Hall–Kier alpha value is -2.66. The average Bonchev–Trinajstić information content (AvgIpc) is 2.62. The van der Waals surface area contributed by atoms with E-state index in [0.717, 1.165) is 11.1 Å². The van der Waals surface area contributed by atoms with Crippen molar-refractivity contribution in [3.05, 3.63) is 71.3 Å². The van der Waals surface area contributed by atoms with Crippen molar-refractivity contribution < 1.29 is 19.4 Å². The fourth-order valence-corrected chi connectivity index (χ4v) is 2.62. The van der Waals surface area contributed by atoms with Crippen molar-refractivity contribution in [3.8, 4) is 0 Å². The first-order valence-corrected chi connectivity index (χ1v) is 8.67. The minimum absolute atomic E-state index is 0.0281. The lowest BCUT2D eigenvalue weighted by molar-refractivity contribution is -0.137. The van der Waals surface area contributed by atoms with Crippen LogP contribution in [0, 0.1) is 5.92 Å². The number of amides is 1. The summed E-state index contributed by atoms with van der Waals surface area (Å²) in [5, 5.41) is 11.9. The van der Waals surface area contributed by atoms with Gasteiger partial charge in [-0.25, -0.2) is 4.79 Å². The number of hydrogen-bond donors (Lipinski definition) is 2. The Labute approximate surface area is 154 Å². The number of carboxylic acid groups (broad SMARTS) is 1. The molecule has 0 aliphatic carbocycles. The molecule has 5 heteroatoms. The van der Waals surface area contributed by atoms with Gasteiger partial charge in [-0.3, -0.25) is 4.79 Å². The summed E-state index contributed by atoms with van der Waals surface area (Å²) in [7, 11) is 0. The third-order valence-corrected chi connectivity index (χ3v) is 4.15. The monoisotopic (exact) mass is 355 g/mol. The molecule has 0 aliphatic rings. The molecular formula is C21H25NO4. The van der Waals surface area contributed by atoms with Crippen LogP contribution in [0.15, 0.2) is 54.6 Å². The Bertz CT molecular complexity index is 725. The van der Waals surface area contributed by atoms with Gasteiger partial charge in [0.15, 0.2) is 0 Å². The van der Waals surface area contributed by atoms with E-state index in [1.54, 1.807) is 12.1 Å². The molecule has 5 nitrogen and oxygen atoms in total. The first-order chi connectivity index (χ1) is 12.4. The minimum Gasteiger partial charge on any atom is -0.478 e. The van der Waals surface area contributed by atoms with Crippen LogP contribution in [-0.4, -0.2) is 23.1 Å². The second kappa shape index (κ2) is 9.15. The van der Waals surface area contributed by atoms with Crippen LogP contribution in [-0.2, 0) is 16.1 Å². The third-order valence-electron chi connectivity index (χ3n) is 4.15. The molecule has 0 aliphatic heterocycles. The molecule has 0 fully saturated rings. The van der Waals surface area contributed by atoms with Gasteiger partial charge in [-0.05, 0) is 36.1 Å². The zero-order chi connectivity index (χ0) is 19.1. The maximum absolute atomic E-state index is 12.6. The summed E-state index contributed by atoms with van der Waals surface area (Å²) >= 11 is 0. The first-order valence-electron chi connectivity index (χ1n) is 8.67. The predicted octanol–water partition coefficient (Wildman–Crippen LogP) is 3.80. The lowest BCUT2D eigenvalue weighted by Gasteiger charge is -2.23. The molecule has 1 amide bonds. The minimum atomic E-state index is -0.970. The number of carbonyl (C=O) groups excluding carboxylic acids is 1. The molecule has 0 spiro atoms. The number of benzene rings is 2. The molecule has 138 valence electrons. The summed E-state index contributed by atoms with van der Waals surface area (Å²) in [4.78, 5) is 23.6. The lowest BCUT2D eigenvalue weighted by Crippen LogP contribution is -2.40. The fourth-order valence-electron chi connectivity index (χ4n) is 2.62. The van der Waals surface area contributed by atoms with E-state index in [-0.39, 0.29) is 23.4 Å². The van der Waals surface area contributed by atoms with E-state index < -0.39 is 12.1 Å². The van der Waals surface area contributed by atoms with E-state index in [1.165, 1.54) is 12.1 Å². The number of hydrogen-bond acceptors (Lipinski definition) is 3. The van der Waals surface area contributed by atoms with Crippen molar-refractivity contribution in [2.24, 2.45) is 5.92 Å². The molecule has 2 N–H and O–H groups in total. The Morgan fingerprint density at radius 1 is 1.00 bits per heavy atom. The molecule has 0 heterocycles. The molecule has 0 aromatic heterocycles.